The second-order valence-electron chi connectivity index (χ2n) is 8.25. The van der Waals surface area contributed by atoms with E-state index >= 15 is 0 Å². The van der Waals surface area contributed by atoms with Crippen molar-refractivity contribution in [2.45, 2.75) is 44.7 Å². The number of aryl methyl sites for hydroxylation is 1. The fourth-order valence-electron chi connectivity index (χ4n) is 4.96. The molecule has 2 heterocycles. The minimum Gasteiger partial charge on any atom is -0.369 e. The number of fused-ring (bicyclic) bond motifs is 1. The molecule has 8 nitrogen and oxygen atoms in total. The average Bonchev–Trinajstić information content (AvgIpc) is 2.99. The van der Waals surface area contributed by atoms with Crippen LogP contribution in [0.3, 0.4) is 0 Å². The zero-order valence-electron chi connectivity index (χ0n) is 17.3. The quantitative estimate of drug-likeness (QED) is 0.730. The molecule has 5 rings (SSSR count). The van der Waals surface area contributed by atoms with E-state index in [1.54, 1.807) is 24.3 Å². The Balaban J connectivity index is 1.67. The predicted molar refractivity (Wildman–Crippen MR) is 120 cm³/mol. The van der Waals surface area contributed by atoms with Crippen LogP contribution in [0.2, 0.25) is 0 Å². The van der Waals surface area contributed by atoms with Crippen LogP contribution in [0.15, 0.2) is 52.4 Å². The van der Waals surface area contributed by atoms with E-state index in [1.165, 1.54) is 4.90 Å². The number of imide groups is 1. The van der Waals surface area contributed by atoms with Crippen LogP contribution in [0, 0.1) is 6.92 Å². The van der Waals surface area contributed by atoms with Gasteiger partial charge in [0.25, 0.3) is 11.8 Å². The largest absolute Gasteiger partial charge is 0.369 e. The molecule has 2 aromatic rings. The third-order valence-corrected chi connectivity index (χ3v) is 6.34. The zero-order valence-corrected chi connectivity index (χ0v) is 17.3. The fourth-order valence-corrected chi connectivity index (χ4v) is 4.96. The second kappa shape index (κ2) is 6.94. The summed E-state index contributed by atoms with van der Waals surface area (Å²) in [4.78, 5) is 38.8. The molecule has 0 radical (unpaired) electrons. The monoisotopic (exact) mass is 416 g/mol. The van der Waals surface area contributed by atoms with Crippen molar-refractivity contribution in [3.05, 3.63) is 59.2 Å². The van der Waals surface area contributed by atoms with Crippen molar-refractivity contribution in [3.8, 4) is 0 Å². The van der Waals surface area contributed by atoms with E-state index in [0.717, 1.165) is 37.7 Å². The topological polar surface area (TPSA) is 117 Å². The molecule has 1 spiro atoms. The highest BCUT2D eigenvalue weighted by molar-refractivity contribution is 6.36. The first kappa shape index (κ1) is 19.3. The molecule has 0 saturated heterocycles. The third-order valence-electron chi connectivity index (χ3n) is 6.34. The molecule has 158 valence electrons. The van der Waals surface area contributed by atoms with Gasteiger partial charge >= 0.3 is 0 Å². The van der Waals surface area contributed by atoms with E-state index in [4.69, 9.17) is 11.5 Å². The molecule has 8 heteroatoms. The Morgan fingerprint density at radius 2 is 1.61 bits per heavy atom. The summed E-state index contributed by atoms with van der Waals surface area (Å²) in [5, 5.41) is 0. The molecule has 2 aliphatic heterocycles. The number of anilines is 2. The lowest BCUT2D eigenvalue weighted by atomic mass is 9.86. The number of hydrogen-bond acceptors (Lipinski definition) is 7. The minimum absolute atomic E-state index is 0.146. The van der Waals surface area contributed by atoms with Gasteiger partial charge in [-0.1, -0.05) is 30.7 Å². The molecule has 31 heavy (non-hydrogen) atoms. The maximum Gasteiger partial charge on any atom is 0.268 e. The first-order chi connectivity index (χ1) is 14.9. The van der Waals surface area contributed by atoms with Crippen LogP contribution in [-0.4, -0.2) is 29.4 Å². The fraction of sp³-hybridized carbons (Fsp3) is 0.304. The van der Waals surface area contributed by atoms with E-state index in [-0.39, 0.29) is 23.7 Å². The summed E-state index contributed by atoms with van der Waals surface area (Å²) in [7, 11) is 0. The van der Waals surface area contributed by atoms with E-state index in [0.29, 0.717) is 22.5 Å². The third kappa shape index (κ3) is 2.82. The molecule has 0 bridgehead atoms. The van der Waals surface area contributed by atoms with Gasteiger partial charge in [-0.05, 0) is 56.4 Å². The molecule has 3 aliphatic rings. The van der Waals surface area contributed by atoms with Crippen molar-refractivity contribution in [1.82, 2.24) is 0 Å². The SMILES string of the molecule is Cc1ccccc1N1C(=O)c2cccc(N3C(N)=NC(N)=NC34CCCCC4)c2C1=O. The molecule has 0 aromatic heterocycles. The summed E-state index contributed by atoms with van der Waals surface area (Å²) < 4.78 is 0. The Morgan fingerprint density at radius 1 is 0.903 bits per heavy atom. The first-order valence-electron chi connectivity index (χ1n) is 10.5. The van der Waals surface area contributed by atoms with Crippen LogP contribution >= 0.6 is 0 Å². The maximum absolute atomic E-state index is 13.6. The van der Waals surface area contributed by atoms with Gasteiger partial charge < -0.3 is 11.5 Å². The lowest BCUT2D eigenvalue weighted by Gasteiger charge is -2.46. The number of hydrogen-bond donors (Lipinski definition) is 2. The van der Waals surface area contributed by atoms with Gasteiger partial charge in [0.05, 0.1) is 22.5 Å². The molecule has 0 atom stereocenters. The number of benzene rings is 2. The van der Waals surface area contributed by atoms with Crippen LogP contribution in [-0.2, 0) is 0 Å². The van der Waals surface area contributed by atoms with Gasteiger partial charge in [-0.25, -0.2) is 9.89 Å². The van der Waals surface area contributed by atoms with Crippen LogP contribution in [0.1, 0.15) is 58.4 Å². The van der Waals surface area contributed by atoms with Gasteiger partial charge in [-0.15, -0.1) is 0 Å². The molecular weight excluding hydrogens is 392 g/mol. The molecule has 2 aromatic carbocycles. The highest BCUT2D eigenvalue weighted by Crippen LogP contribution is 2.43. The summed E-state index contributed by atoms with van der Waals surface area (Å²) in [5.41, 5.74) is 14.3. The van der Waals surface area contributed by atoms with Gasteiger partial charge in [0.2, 0.25) is 11.9 Å². The molecule has 4 N–H and O–H groups in total. The van der Waals surface area contributed by atoms with E-state index in [9.17, 15) is 9.59 Å². The van der Waals surface area contributed by atoms with Crippen molar-refractivity contribution < 1.29 is 9.59 Å². The predicted octanol–water partition coefficient (Wildman–Crippen LogP) is 2.91. The number of aliphatic imine (C=N–C) groups is 2. The van der Waals surface area contributed by atoms with Gasteiger partial charge in [0.15, 0.2) is 0 Å². The Bertz CT molecular complexity index is 1160. The van der Waals surface area contributed by atoms with Crippen molar-refractivity contribution in [1.29, 1.82) is 0 Å². The summed E-state index contributed by atoms with van der Waals surface area (Å²) in [6.07, 6.45) is 4.54. The average molecular weight is 416 g/mol. The molecule has 1 saturated carbocycles. The van der Waals surface area contributed by atoms with Gasteiger partial charge in [0.1, 0.15) is 5.66 Å². The summed E-state index contributed by atoms with van der Waals surface area (Å²) in [6, 6.07) is 12.6. The van der Waals surface area contributed by atoms with Gasteiger partial charge in [0, 0.05) is 0 Å². The Kier molecular flexibility index (Phi) is 4.32. The van der Waals surface area contributed by atoms with Crippen molar-refractivity contribution in [3.63, 3.8) is 0 Å². The van der Waals surface area contributed by atoms with Crippen molar-refractivity contribution in [2.24, 2.45) is 21.5 Å². The van der Waals surface area contributed by atoms with E-state index in [2.05, 4.69) is 9.98 Å². The summed E-state index contributed by atoms with van der Waals surface area (Å²) in [6.45, 7) is 1.88. The minimum atomic E-state index is -0.692. The number of para-hydroxylation sites is 1. The Labute approximate surface area is 180 Å². The van der Waals surface area contributed by atoms with E-state index < -0.39 is 5.66 Å². The van der Waals surface area contributed by atoms with Gasteiger partial charge in [-0.2, -0.15) is 4.99 Å². The highest BCUT2D eigenvalue weighted by atomic mass is 16.2. The van der Waals surface area contributed by atoms with Gasteiger partial charge in [-0.3, -0.25) is 14.5 Å². The lowest BCUT2D eigenvalue weighted by Crippen LogP contribution is -2.58. The summed E-state index contributed by atoms with van der Waals surface area (Å²) in [5.74, 6) is -0.375. The molecule has 0 unspecified atom stereocenters. The number of carbonyl (C=O) groups is 2. The lowest BCUT2D eigenvalue weighted by molar-refractivity contribution is 0.0926. The van der Waals surface area contributed by atoms with Crippen LogP contribution in [0.4, 0.5) is 11.4 Å². The molecule has 1 aliphatic carbocycles. The number of amides is 2. The normalized spacial score (nSPS) is 20.0. The molecular formula is C23H24N6O2. The van der Waals surface area contributed by atoms with Crippen molar-refractivity contribution in [2.75, 3.05) is 9.80 Å². The number of guanidine groups is 2. The smallest absolute Gasteiger partial charge is 0.268 e. The number of nitrogens with two attached hydrogens (primary N) is 2. The van der Waals surface area contributed by atoms with Crippen molar-refractivity contribution >= 4 is 35.1 Å². The maximum atomic E-state index is 13.6. The zero-order chi connectivity index (χ0) is 21.8. The number of carbonyl (C=O) groups excluding carboxylic acids is 2. The molecule has 1 fully saturated rings. The molecule has 2 amide bonds. The standard InChI is InChI=1S/C23H24N6O2/c1-14-8-3-4-10-16(14)28-19(30)15-9-7-11-17(18(15)20(28)31)29-22(25)26-21(24)27-23(29)12-5-2-6-13-23/h3-4,7-11H,2,5-6,12-13H2,1H3,(H4,24,25,26,27). The van der Waals surface area contributed by atoms with Crippen LogP contribution in [0.5, 0.6) is 0 Å². The van der Waals surface area contributed by atoms with Crippen LogP contribution < -0.4 is 21.3 Å². The summed E-state index contributed by atoms with van der Waals surface area (Å²) >= 11 is 0. The first-order valence-corrected chi connectivity index (χ1v) is 10.5. The highest BCUT2D eigenvalue weighted by Gasteiger charge is 2.47. The van der Waals surface area contributed by atoms with Crippen LogP contribution in [0.25, 0.3) is 0 Å². The number of rotatable bonds is 2. The Morgan fingerprint density at radius 3 is 2.35 bits per heavy atom. The number of nitrogens with zero attached hydrogens (tertiary/aromatic N) is 4. The second-order valence-corrected chi connectivity index (χ2v) is 8.25. The van der Waals surface area contributed by atoms with E-state index in [1.807, 2.05) is 30.0 Å². The Hall–Kier alpha value is -3.68.